The summed E-state index contributed by atoms with van der Waals surface area (Å²) in [5.41, 5.74) is 6.29. The first-order valence-corrected chi connectivity index (χ1v) is 5.44. The summed E-state index contributed by atoms with van der Waals surface area (Å²) in [6, 6.07) is 3.12. The fourth-order valence-corrected chi connectivity index (χ4v) is 1.43. The molecule has 1 heterocycles. The van der Waals surface area contributed by atoms with Crippen LogP contribution in [0.4, 0.5) is 5.69 Å². The third-order valence-corrected chi connectivity index (χ3v) is 2.59. The number of nitrogens with two attached hydrogens (primary N) is 1. The third-order valence-electron chi connectivity index (χ3n) is 1.93. The van der Waals surface area contributed by atoms with E-state index in [-0.39, 0.29) is 11.2 Å². The Bertz CT molecular complexity index is 335. The zero-order chi connectivity index (χ0) is 11.4. The van der Waals surface area contributed by atoms with Gasteiger partial charge < -0.3 is 20.7 Å². The Morgan fingerprint density at radius 2 is 2.20 bits per heavy atom. The molecule has 0 aliphatic heterocycles. The molecule has 4 N–H and O–H groups in total. The summed E-state index contributed by atoms with van der Waals surface area (Å²) in [5, 5.41) is 19.3. The van der Waals surface area contributed by atoms with Gasteiger partial charge in [-0.1, -0.05) is 15.9 Å². The number of pyridine rings is 1. The summed E-state index contributed by atoms with van der Waals surface area (Å²) in [6.07, 6.45) is -1.97. The van der Waals surface area contributed by atoms with E-state index in [1.165, 1.54) is 7.11 Å². The minimum Gasteiger partial charge on any atom is -0.480 e. The van der Waals surface area contributed by atoms with Crippen molar-refractivity contribution in [2.75, 3.05) is 18.2 Å². The molecule has 1 aromatic heterocycles. The van der Waals surface area contributed by atoms with Gasteiger partial charge >= 0.3 is 0 Å². The largest absolute Gasteiger partial charge is 0.480 e. The van der Waals surface area contributed by atoms with Crippen LogP contribution in [0.25, 0.3) is 0 Å². The maximum absolute atomic E-state index is 9.66. The summed E-state index contributed by atoms with van der Waals surface area (Å²) >= 11 is 3.07. The third kappa shape index (κ3) is 2.80. The standard InChI is InChI=1S/C9H13BrN2O3/c1-15-9-5(11)2-3-6(12-9)8(14)7(13)4-10/h2-3,7-8,13-14H,4,11H2,1H3. The lowest BCUT2D eigenvalue weighted by Crippen LogP contribution is -2.20. The topological polar surface area (TPSA) is 88.6 Å². The van der Waals surface area contributed by atoms with Gasteiger partial charge in [-0.3, -0.25) is 0 Å². The molecule has 0 bridgehead atoms. The number of nitrogens with zero attached hydrogens (tertiary/aromatic N) is 1. The highest BCUT2D eigenvalue weighted by atomic mass is 79.9. The summed E-state index contributed by atoms with van der Waals surface area (Å²) in [4.78, 5) is 3.98. The maximum Gasteiger partial charge on any atom is 0.237 e. The Hall–Kier alpha value is -0.850. The molecule has 1 rings (SSSR count). The first-order chi connectivity index (χ1) is 7.10. The monoisotopic (exact) mass is 276 g/mol. The predicted molar refractivity (Wildman–Crippen MR) is 60.0 cm³/mol. The van der Waals surface area contributed by atoms with Gasteiger partial charge in [0.15, 0.2) is 0 Å². The van der Waals surface area contributed by atoms with Crippen molar-refractivity contribution >= 4 is 21.6 Å². The van der Waals surface area contributed by atoms with Crippen molar-refractivity contribution < 1.29 is 14.9 Å². The van der Waals surface area contributed by atoms with Gasteiger partial charge in [0.1, 0.15) is 6.10 Å². The average Bonchev–Trinajstić information content (AvgIpc) is 2.27. The van der Waals surface area contributed by atoms with Crippen LogP contribution in [0.5, 0.6) is 5.88 Å². The van der Waals surface area contributed by atoms with Crippen molar-refractivity contribution in [1.29, 1.82) is 0 Å². The second kappa shape index (κ2) is 5.29. The van der Waals surface area contributed by atoms with Crippen molar-refractivity contribution in [2.24, 2.45) is 0 Å². The van der Waals surface area contributed by atoms with Crippen LogP contribution in [0.3, 0.4) is 0 Å². The lowest BCUT2D eigenvalue weighted by Gasteiger charge is -2.15. The lowest BCUT2D eigenvalue weighted by atomic mass is 10.1. The van der Waals surface area contributed by atoms with Gasteiger partial charge in [-0.05, 0) is 12.1 Å². The molecule has 0 aliphatic carbocycles. The number of anilines is 1. The van der Waals surface area contributed by atoms with Crippen LogP contribution >= 0.6 is 15.9 Å². The summed E-state index contributed by atoms with van der Waals surface area (Å²) in [5.74, 6) is 0.244. The van der Waals surface area contributed by atoms with Gasteiger partial charge in [-0.25, -0.2) is 4.98 Å². The minimum atomic E-state index is -1.06. The molecule has 15 heavy (non-hydrogen) atoms. The Balaban J connectivity index is 2.95. The van der Waals surface area contributed by atoms with Crippen LogP contribution in [0.1, 0.15) is 11.8 Å². The number of nitrogen functional groups attached to an aromatic ring is 1. The minimum absolute atomic E-state index is 0.244. The normalized spacial score (nSPS) is 14.7. The number of alkyl halides is 1. The Labute approximate surface area is 96.0 Å². The van der Waals surface area contributed by atoms with Crippen LogP contribution < -0.4 is 10.5 Å². The van der Waals surface area contributed by atoms with E-state index in [0.717, 1.165) is 0 Å². The zero-order valence-corrected chi connectivity index (χ0v) is 9.81. The van der Waals surface area contributed by atoms with Crippen LogP contribution in [0.2, 0.25) is 0 Å². The molecule has 0 aliphatic rings. The van der Waals surface area contributed by atoms with Crippen LogP contribution in [0, 0.1) is 0 Å². The second-order valence-electron chi connectivity index (χ2n) is 3.00. The molecule has 0 amide bonds. The molecular weight excluding hydrogens is 264 g/mol. The molecule has 2 atom stereocenters. The number of aliphatic hydroxyl groups excluding tert-OH is 2. The lowest BCUT2D eigenvalue weighted by molar-refractivity contribution is 0.0312. The van der Waals surface area contributed by atoms with Crippen LogP contribution in [-0.4, -0.2) is 33.7 Å². The van der Waals surface area contributed by atoms with E-state index in [0.29, 0.717) is 11.4 Å². The number of aliphatic hydroxyl groups is 2. The molecule has 0 fully saturated rings. The Morgan fingerprint density at radius 1 is 1.53 bits per heavy atom. The van der Waals surface area contributed by atoms with Gasteiger partial charge in [0, 0.05) is 5.33 Å². The molecule has 0 saturated heterocycles. The number of rotatable bonds is 4. The number of methoxy groups -OCH3 is 1. The molecule has 0 aromatic carbocycles. The number of halogens is 1. The molecule has 0 saturated carbocycles. The van der Waals surface area contributed by atoms with E-state index >= 15 is 0 Å². The van der Waals surface area contributed by atoms with Crippen molar-refractivity contribution in [3.05, 3.63) is 17.8 Å². The molecule has 1 aromatic rings. The maximum atomic E-state index is 9.66. The van der Waals surface area contributed by atoms with E-state index in [2.05, 4.69) is 20.9 Å². The zero-order valence-electron chi connectivity index (χ0n) is 8.22. The van der Waals surface area contributed by atoms with Crippen molar-refractivity contribution in [2.45, 2.75) is 12.2 Å². The molecule has 6 heteroatoms. The van der Waals surface area contributed by atoms with Crippen molar-refractivity contribution in [3.8, 4) is 5.88 Å². The number of aromatic nitrogens is 1. The summed E-state index contributed by atoms with van der Waals surface area (Å²) in [7, 11) is 1.44. The summed E-state index contributed by atoms with van der Waals surface area (Å²) in [6.45, 7) is 0. The Kier molecular flexibility index (Phi) is 4.31. The van der Waals surface area contributed by atoms with E-state index in [4.69, 9.17) is 10.5 Å². The highest BCUT2D eigenvalue weighted by molar-refractivity contribution is 9.09. The first-order valence-electron chi connectivity index (χ1n) is 4.32. The van der Waals surface area contributed by atoms with Crippen LogP contribution in [0.15, 0.2) is 12.1 Å². The van der Waals surface area contributed by atoms with Gasteiger partial charge in [0.05, 0.1) is 24.6 Å². The predicted octanol–water partition coefficient (Wildman–Crippen LogP) is 0.462. The van der Waals surface area contributed by atoms with Crippen LogP contribution in [-0.2, 0) is 0 Å². The van der Waals surface area contributed by atoms with Crippen molar-refractivity contribution in [3.63, 3.8) is 0 Å². The van der Waals surface area contributed by atoms with E-state index in [1.807, 2.05) is 0 Å². The SMILES string of the molecule is COc1nc(C(O)C(O)CBr)ccc1N. The summed E-state index contributed by atoms with van der Waals surface area (Å²) < 4.78 is 4.91. The molecule has 2 unspecified atom stereocenters. The van der Waals surface area contributed by atoms with E-state index < -0.39 is 12.2 Å². The number of hydrogen-bond acceptors (Lipinski definition) is 5. The smallest absolute Gasteiger partial charge is 0.237 e. The van der Waals surface area contributed by atoms with E-state index in [9.17, 15) is 10.2 Å². The van der Waals surface area contributed by atoms with Gasteiger partial charge in [-0.2, -0.15) is 0 Å². The van der Waals surface area contributed by atoms with Crippen molar-refractivity contribution in [1.82, 2.24) is 4.98 Å². The number of ether oxygens (including phenoxy) is 1. The highest BCUT2D eigenvalue weighted by Crippen LogP contribution is 2.23. The van der Waals surface area contributed by atoms with Gasteiger partial charge in [0.25, 0.3) is 0 Å². The molecule has 84 valence electrons. The van der Waals surface area contributed by atoms with E-state index in [1.54, 1.807) is 12.1 Å². The molecule has 0 spiro atoms. The average molecular weight is 277 g/mol. The molecular formula is C9H13BrN2O3. The fraction of sp³-hybridized carbons (Fsp3) is 0.444. The molecule has 0 radical (unpaired) electrons. The highest BCUT2D eigenvalue weighted by Gasteiger charge is 2.19. The first kappa shape index (κ1) is 12.2. The second-order valence-corrected chi connectivity index (χ2v) is 3.65. The Morgan fingerprint density at radius 3 is 2.73 bits per heavy atom. The van der Waals surface area contributed by atoms with Gasteiger partial charge in [0.2, 0.25) is 5.88 Å². The molecule has 5 nitrogen and oxygen atoms in total. The fourth-order valence-electron chi connectivity index (χ4n) is 1.08. The quantitative estimate of drug-likeness (QED) is 0.696. The van der Waals surface area contributed by atoms with Gasteiger partial charge in [-0.15, -0.1) is 0 Å². The number of hydrogen-bond donors (Lipinski definition) is 3.